The molecule has 0 aromatic heterocycles. The van der Waals surface area contributed by atoms with Crippen LogP contribution >= 0.6 is 0 Å². The molecule has 2 amide bonds. The Hall–Kier alpha value is -3.76. The van der Waals surface area contributed by atoms with Crippen molar-refractivity contribution in [1.29, 1.82) is 0 Å². The van der Waals surface area contributed by atoms with Gasteiger partial charge in [0.25, 0.3) is 5.91 Å². The third-order valence-corrected chi connectivity index (χ3v) is 4.29. The lowest BCUT2D eigenvalue weighted by Gasteiger charge is -2.16. The van der Waals surface area contributed by atoms with Crippen LogP contribution in [-0.4, -0.2) is 43.5 Å². The zero-order valence-electron chi connectivity index (χ0n) is 19.2. The van der Waals surface area contributed by atoms with E-state index >= 15 is 0 Å². The largest absolute Gasteiger partial charge is 0.490 e. The van der Waals surface area contributed by atoms with E-state index in [1.165, 1.54) is 30.3 Å². The van der Waals surface area contributed by atoms with Crippen LogP contribution in [-0.2, 0) is 4.79 Å². The van der Waals surface area contributed by atoms with Gasteiger partial charge >= 0.3 is 12.1 Å². The van der Waals surface area contributed by atoms with E-state index < -0.39 is 18.0 Å². The number of rotatable bonds is 10. The molecule has 2 aromatic rings. The molecule has 0 atom stereocenters. The molecule has 0 bridgehead atoms. The van der Waals surface area contributed by atoms with Crippen molar-refractivity contribution in [1.82, 2.24) is 5.43 Å². The van der Waals surface area contributed by atoms with Gasteiger partial charge in [-0.2, -0.15) is 18.3 Å². The number of carbonyl (C=O) groups excluding carboxylic acids is 2. The summed E-state index contributed by atoms with van der Waals surface area (Å²) < 4.78 is 54.2. The van der Waals surface area contributed by atoms with Crippen molar-refractivity contribution >= 4 is 23.2 Å². The van der Waals surface area contributed by atoms with Crippen LogP contribution in [0.1, 0.15) is 43.6 Å². The third-order valence-electron chi connectivity index (χ3n) is 4.29. The number of hydrazone groups is 1. The Bertz CT molecular complexity index is 1030. The summed E-state index contributed by atoms with van der Waals surface area (Å²) in [4.78, 5) is 23.9. The highest BCUT2D eigenvalue weighted by Crippen LogP contribution is 2.39. The minimum absolute atomic E-state index is 0.0603. The van der Waals surface area contributed by atoms with Crippen molar-refractivity contribution in [2.24, 2.45) is 5.10 Å². The second-order valence-electron chi connectivity index (χ2n) is 6.77. The van der Waals surface area contributed by atoms with Gasteiger partial charge in [0.05, 0.1) is 25.5 Å². The highest BCUT2D eigenvalue weighted by atomic mass is 19.4. The fourth-order valence-electron chi connectivity index (χ4n) is 2.81. The SMILES string of the molecule is CCOc1cc(C(=O)N/N=C(\C)c2cccc(NC(=O)C(F)(F)F)c2)cc(OCC)c1OCC. The second-order valence-corrected chi connectivity index (χ2v) is 6.77. The van der Waals surface area contributed by atoms with Crippen molar-refractivity contribution < 1.29 is 37.0 Å². The number of alkyl halides is 3. The van der Waals surface area contributed by atoms with Crippen LogP contribution in [0.4, 0.5) is 18.9 Å². The van der Waals surface area contributed by atoms with Gasteiger partial charge < -0.3 is 19.5 Å². The summed E-state index contributed by atoms with van der Waals surface area (Å²) in [7, 11) is 0. The number of nitrogens with zero attached hydrogens (tertiary/aromatic N) is 1. The molecule has 0 radical (unpaired) electrons. The Kier molecular flexibility index (Phi) is 9.28. The van der Waals surface area contributed by atoms with Crippen LogP contribution in [0.2, 0.25) is 0 Å². The van der Waals surface area contributed by atoms with E-state index in [1.54, 1.807) is 32.2 Å². The summed E-state index contributed by atoms with van der Waals surface area (Å²) in [5.74, 6) is -1.58. The molecule has 0 heterocycles. The third kappa shape index (κ3) is 7.12. The molecular weight excluding hydrogens is 455 g/mol. The Morgan fingerprint density at radius 1 is 0.912 bits per heavy atom. The summed E-state index contributed by atoms with van der Waals surface area (Å²) in [5, 5.41) is 5.79. The van der Waals surface area contributed by atoms with E-state index in [0.717, 1.165) is 0 Å². The number of ether oxygens (including phenoxy) is 3. The van der Waals surface area contributed by atoms with Gasteiger partial charge in [-0.15, -0.1) is 0 Å². The quantitative estimate of drug-likeness (QED) is 0.384. The monoisotopic (exact) mass is 481 g/mol. The molecule has 0 spiro atoms. The molecule has 2 aromatic carbocycles. The van der Waals surface area contributed by atoms with Crippen molar-refractivity contribution in [3.05, 3.63) is 47.5 Å². The molecule has 11 heteroatoms. The first-order valence-electron chi connectivity index (χ1n) is 10.5. The van der Waals surface area contributed by atoms with Gasteiger partial charge in [-0.3, -0.25) is 9.59 Å². The van der Waals surface area contributed by atoms with Crippen molar-refractivity contribution in [3.8, 4) is 17.2 Å². The Morgan fingerprint density at radius 2 is 1.50 bits per heavy atom. The number of benzene rings is 2. The topological polar surface area (TPSA) is 98.2 Å². The predicted octanol–water partition coefficient (Wildman–Crippen LogP) is 4.54. The standard InChI is InChI=1S/C23H26F3N3O5/c1-5-32-18-12-16(13-19(33-6-2)20(18)34-7-3)21(30)29-28-14(4)15-9-8-10-17(11-15)27-22(31)23(24,25)26/h8-13H,5-7H2,1-4H3,(H,27,31)(H,29,30)/b28-14+. The maximum Gasteiger partial charge on any atom is 0.471 e. The molecule has 0 fully saturated rings. The van der Waals surface area contributed by atoms with E-state index in [0.29, 0.717) is 48.3 Å². The van der Waals surface area contributed by atoms with E-state index in [1.807, 2.05) is 6.92 Å². The summed E-state index contributed by atoms with van der Waals surface area (Å²) >= 11 is 0. The minimum atomic E-state index is -5.01. The van der Waals surface area contributed by atoms with Crippen LogP contribution in [0.25, 0.3) is 0 Å². The molecule has 0 aliphatic heterocycles. The molecule has 2 N–H and O–H groups in total. The summed E-state index contributed by atoms with van der Waals surface area (Å²) in [6.45, 7) is 8.01. The van der Waals surface area contributed by atoms with Crippen LogP contribution in [0.3, 0.4) is 0 Å². The second kappa shape index (κ2) is 11.9. The van der Waals surface area contributed by atoms with Gasteiger partial charge in [0.15, 0.2) is 11.5 Å². The Morgan fingerprint density at radius 3 is 2.03 bits per heavy atom. The van der Waals surface area contributed by atoms with Gasteiger partial charge in [-0.25, -0.2) is 5.43 Å². The fourth-order valence-corrected chi connectivity index (χ4v) is 2.81. The molecular formula is C23H26F3N3O5. The number of carbonyl (C=O) groups is 2. The lowest BCUT2D eigenvalue weighted by atomic mass is 10.1. The van der Waals surface area contributed by atoms with E-state index in [4.69, 9.17) is 14.2 Å². The first-order valence-corrected chi connectivity index (χ1v) is 10.5. The van der Waals surface area contributed by atoms with Crippen molar-refractivity contribution in [2.75, 3.05) is 25.1 Å². The van der Waals surface area contributed by atoms with Crippen LogP contribution < -0.4 is 25.0 Å². The highest BCUT2D eigenvalue weighted by molar-refractivity contribution is 6.02. The average Bonchev–Trinajstić information content (AvgIpc) is 2.79. The maximum absolute atomic E-state index is 12.7. The highest BCUT2D eigenvalue weighted by Gasteiger charge is 2.38. The molecule has 184 valence electrons. The minimum Gasteiger partial charge on any atom is -0.490 e. The first-order chi connectivity index (χ1) is 16.1. The fraction of sp³-hybridized carbons (Fsp3) is 0.348. The van der Waals surface area contributed by atoms with Crippen LogP contribution in [0.15, 0.2) is 41.5 Å². The van der Waals surface area contributed by atoms with E-state index in [-0.39, 0.29) is 11.3 Å². The molecule has 0 aliphatic rings. The summed E-state index contributed by atoms with van der Waals surface area (Å²) in [6.07, 6.45) is -5.01. The lowest BCUT2D eigenvalue weighted by molar-refractivity contribution is -0.167. The normalized spacial score (nSPS) is 11.6. The van der Waals surface area contributed by atoms with Gasteiger partial charge in [0.1, 0.15) is 0 Å². The molecule has 0 saturated carbocycles. The predicted molar refractivity (Wildman–Crippen MR) is 121 cm³/mol. The zero-order chi connectivity index (χ0) is 25.3. The molecule has 0 saturated heterocycles. The van der Waals surface area contributed by atoms with Crippen LogP contribution in [0.5, 0.6) is 17.2 Å². The van der Waals surface area contributed by atoms with Gasteiger partial charge in [0, 0.05) is 11.3 Å². The smallest absolute Gasteiger partial charge is 0.471 e. The van der Waals surface area contributed by atoms with Gasteiger partial charge in [-0.1, -0.05) is 12.1 Å². The number of amides is 2. The number of anilines is 1. The van der Waals surface area contributed by atoms with Gasteiger partial charge in [0.2, 0.25) is 5.75 Å². The van der Waals surface area contributed by atoms with Crippen molar-refractivity contribution in [2.45, 2.75) is 33.9 Å². The molecule has 34 heavy (non-hydrogen) atoms. The number of hydrogen-bond donors (Lipinski definition) is 2. The summed E-state index contributed by atoms with van der Waals surface area (Å²) in [5.41, 5.74) is 3.25. The Labute approximate surface area is 195 Å². The average molecular weight is 481 g/mol. The Balaban J connectivity index is 2.24. The summed E-state index contributed by atoms with van der Waals surface area (Å²) in [6, 6.07) is 8.66. The van der Waals surface area contributed by atoms with E-state index in [9.17, 15) is 22.8 Å². The molecule has 8 nitrogen and oxygen atoms in total. The molecule has 0 aliphatic carbocycles. The first kappa shape index (κ1) is 26.5. The molecule has 2 rings (SSSR count). The number of nitrogens with one attached hydrogen (secondary N) is 2. The van der Waals surface area contributed by atoms with Crippen molar-refractivity contribution in [3.63, 3.8) is 0 Å². The van der Waals surface area contributed by atoms with E-state index in [2.05, 4.69) is 10.5 Å². The molecule has 0 unspecified atom stereocenters. The maximum atomic E-state index is 12.7. The lowest BCUT2D eigenvalue weighted by Crippen LogP contribution is -2.29. The number of hydrogen-bond acceptors (Lipinski definition) is 6. The van der Waals surface area contributed by atoms with Crippen LogP contribution in [0, 0.1) is 0 Å². The number of halogens is 3. The van der Waals surface area contributed by atoms with Gasteiger partial charge in [-0.05, 0) is 57.5 Å². The zero-order valence-corrected chi connectivity index (χ0v) is 19.2.